The molecule has 1 saturated heterocycles. The number of hydrogen-bond donors (Lipinski definition) is 3. The van der Waals surface area contributed by atoms with Crippen molar-refractivity contribution in [2.75, 3.05) is 19.6 Å². The van der Waals surface area contributed by atoms with Crippen LogP contribution in [-0.2, 0) is 9.59 Å². The number of hydrogen-bond acceptors (Lipinski definition) is 3. The Morgan fingerprint density at radius 3 is 2.53 bits per heavy atom. The van der Waals surface area contributed by atoms with Gasteiger partial charge in [-0.15, -0.1) is 0 Å². The number of amides is 1. The Morgan fingerprint density at radius 1 is 1.41 bits per heavy atom. The van der Waals surface area contributed by atoms with Gasteiger partial charge in [-0.25, -0.2) is 0 Å². The van der Waals surface area contributed by atoms with Gasteiger partial charge in [0.05, 0.1) is 11.3 Å². The number of carboxylic acids is 1. The van der Waals surface area contributed by atoms with E-state index in [0.717, 1.165) is 13.1 Å². The normalized spacial score (nSPS) is 24.6. The Bertz CT molecular complexity index is 302. The molecular formula is C12H22N2O3. The zero-order valence-corrected chi connectivity index (χ0v) is 10.7. The fraction of sp³-hybridized carbons (Fsp3) is 0.833. The summed E-state index contributed by atoms with van der Waals surface area (Å²) in [5.74, 6) is -0.434. The second kappa shape index (κ2) is 5.49. The lowest BCUT2D eigenvalue weighted by Crippen LogP contribution is -2.37. The van der Waals surface area contributed by atoms with E-state index in [1.54, 1.807) is 13.8 Å². The van der Waals surface area contributed by atoms with Gasteiger partial charge in [0.1, 0.15) is 0 Å². The molecule has 2 unspecified atom stereocenters. The van der Waals surface area contributed by atoms with Gasteiger partial charge >= 0.3 is 5.97 Å². The largest absolute Gasteiger partial charge is 0.481 e. The van der Waals surface area contributed by atoms with Crippen molar-refractivity contribution in [1.29, 1.82) is 0 Å². The maximum absolute atomic E-state index is 11.8. The summed E-state index contributed by atoms with van der Waals surface area (Å²) in [7, 11) is 0. The van der Waals surface area contributed by atoms with E-state index in [9.17, 15) is 9.59 Å². The molecule has 0 saturated carbocycles. The average Bonchev–Trinajstić information content (AvgIpc) is 2.63. The molecule has 0 aromatic heterocycles. The molecule has 1 rings (SSSR count). The maximum Gasteiger partial charge on any atom is 0.309 e. The highest BCUT2D eigenvalue weighted by atomic mass is 16.4. The van der Waals surface area contributed by atoms with Gasteiger partial charge in [-0.05, 0) is 32.7 Å². The minimum Gasteiger partial charge on any atom is -0.481 e. The van der Waals surface area contributed by atoms with Gasteiger partial charge in [-0.2, -0.15) is 0 Å². The first kappa shape index (κ1) is 14.0. The van der Waals surface area contributed by atoms with Crippen LogP contribution in [0.2, 0.25) is 0 Å². The van der Waals surface area contributed by atoms with Crippen LogP contribution in [0.1, 0.15) is 27.2 Å². The fourth-order valence-corrected chi connectivity index (χ4v) is 1.90. The van der Waals surface area contributed by atoms with Gasteiger partial charge in [0.2, 0.25) is 5.91 Å². The Balaban J connectivity index is 2.32. The van der Waals surface area contributed by atoms with Crippen LogP contribution < -0.4 is 10.6 Å². The summed E-state index contributed by atoms with van der Waals surface area (Å²) in [5.41, 5.74) is -0.785. The predicted molar refractivity (Wildman–Crippen MR) is 64.6 cm³/mol. The second-order valence-corrected chi connectivity index (χ2v) is 5.47. The third-order valence-corrected chi connectivity index (χ3v) is 3.48. The van der Waals surface area contributed by atoms with Gasteiger partial charge < -0.3 is 15.7 Å². The van der Waals surface area contributed by atoms with Crippen molar-refractivity contribution in [2.45, 2.75) is 27.2 Å². The lowest BCUT2D eigenvalue weighted by molar-refractivity contribution is -0.147. The van der Waals surface area contributed by atoms with E-state index in [4.69, 9.17) is 5.11 Å². The van der Waals surface area contributed by atoms with Gasteiger partial charge in [0, 0.05) is 13.1 Å². The van der Waals surface area contributed by atoms with Crippen molar-refractivity contribution in [3.8, 4) is 0 Å². The quantitative estimate of drug-likeness (QED) is 0.654. The minimum atomic E-state index is -0.831. The summed E-state index contributed by atoms with van der Waals surface area (Å²) in [6, 6.07) is 0. The Kier molecular flexibility index (Phi) is 4.51. The van der Waals surface area contributed by atoms with Crippen molar-refractivity contribution in [3.05, 3.63) is 0 Å². The van der Waals surface area contributed by atoms with Crippen LogP contribution in [-0.4, -0.2) is 36.6 Å². The van der Waals surface area contributed by atoms with Crippen LogP contribution in [0.5, 0.6) is 0 Å². The fourth-order valence-electron chi connectivity index (χ4n) is 1.90. The molecule has 1 heterocycles. The van der Waals surface area contributed by atoms with Crippen molar-refractivity contribution >= 4 is 11.9 Å². The minimum absolute atomic E-state index is 0.0166. The first-order chi connectivity index (χ1) is 7.84. The molecule has 1 amide bonds. The molecule has 2 atom stereocenters. The summed E-state index contributed by atoms with van der Waals surface area (Å²) in [4.78, 5) is 22.7. The van der Waals surface area contributed by atoms with Gasteiger partial charge in [-0.1, -0.05) is 6.92 Å². The molecule has 1 fully saturated rings. The number of carboxylic acid groups (broad SMARTS) is 1. The van der Waals surface area contributed by atoms with Crippen molar-refractivity contribution in [2.24, 2.45) is 17.3 Å². The van der Waals surface area contributed by atoms with E-state index in [1.165, 1.54) is 0 Å². The topological polar surface area (TPSA) is 78.4 Å². The SMILES string of the molecule is CC1CNCC1C(=O)NCCC(C)(C)C(=O)O. The molecule has 0 bridgehead atoms. The summed E-state index contributed by atoms with van der Waals surface area (Å²) >= 11 is 0. The van der Waals surface area contributed by atoms with E-state index in [0.29, 0.717) is 18.9 Å². The zero-order valence-electron chi connectivity index (χ0n) is 10.7. The van der Waals surface area contributed by atoms with Crippen molar-refractivity contribution in [1.82, 2.24) is 10.6 Å². The van der Waals surface area contributed by atoms with Crippen molar-refractivity contribution in [3.63, 3.8) is 0 Å². The van der Waals surface area contributed by atoms with Crippen LogP contribution >= 0.6 is 0 Å². The van der Waals surface area contributed by atoms with Crippen LogP contribution in [0.3, 0.4) is 0 Å². The molecule has 17 heavy (non-hydrogen) atoms. The van der Waals surface area contributed by atoms with Gasteiger partial charge in [0.25, 0.3) is 0 Å². The standard InChI is InChI=1S/C12H22N2O3/c1-8-6-13-7-9(8)10(15)14-5-4-12(2,3)11(16)17/h8-9,13H,4-7H2,1-3H3,(H,14,15)(H,16,17). The van der Waals surface area contributed by atoms with Gasteiger partial charge in [-0.3, -0.25) is 9.59 Å². The highest BCUT2D eigenvalue weighted by Crippen LogP contribution is 2.20. The first-order valence-corrected chi connectivity index (χ1v) is 6.06. The summed E-state index contributed by atoms with van der Waals surface area (Å²) in [5, 5.41) is 14.9. The third kappa shape index (κ3) is 3.70. The molecule has 1 aliphatic heterocycles. The molecule has 0 aromatic rings. The lowest BCUT2D eigenvalue weighted by atomic mass is 9.89. The van der Waals surface area contributed by atoms with Crippen LogP contribution in [0.15, 0.2) is 0 Å². The van der Waals surface area contributed by atoms with E-state index in [2.05, 4.69) is 10.6 Å². The van der Waals surface area contributed by atoms with E-state index < -0.39 is 11.4 Å². The Labute approximate surface area is 102 Å². The number of aliphatic carboxylic acids is 1. The third-order valence-electron chi connectivity index (χ3n) is 3.48. The predicted octanol–water partition coefficient (Wildman–Crippen LogP) is 0.459. The summed E-state index contributed by atoms with van der Waals surface area (Å²) in [6.07, 6.45) is 0.447. The highest BCUT2D eigenvalue weighted by Gasteiger charge is 2.30. The maximum atomic E-state index is 11.8. The monoisotopic (exact) mass is 242 g/mol. The molecule has 0 aromatic carbocycles. The molecule has 0 aliphatic carbocycles. The van der Waals surface area contributed by atoms with Crippen LogP contribution in [0.4, 0.5) is 0 Å². The molecule has 1 aliphatic rings. The molecule has 5 nitrogen and oxygen atoms in total. The Morgan fingerprint density at radius 2 is 2.06 bits per heavy atom. The number of carbonyl (C=O) groups is 2. The number of rotatable bonds is 5. The van der Waals surface area contributed by atoms with Gasteiger partial charge in [0.15, 0.2) is 0 Å². The van der Waals surface area contributed by atoms with E-state index >= 15 is 0 Å². The molecule has 5 heteroatoms. The molecule has 0 radical (unpaired) electrons. The number of carbonyl (C=O) groups excluding carboxylic acids is 1. The smallest absolute Gasteiger partial charge is 0.309 e. The highest BCUT2D eigenvalue weighted by molar-refractivity contribution is 5.79. The van der Waals surface area contributed by atoms with E-state index in [1.807, 2.05) is 6.92 Å². The number of nitrogens with one attached hydrogen (secondary N) is 2. The molecule has 3 N–H and O–H groups in total. The zero-order chi connectivity index (χ0) is 13.1. The van der Waals surface area contributed by atoms with Crippen LogP contribution in [0, 0.1) is 17.3 Å². The summed E-state index contributed by atoms with van der Waals surface area (Å²) < 4.78 is 0. The molecule has 0 spiro atoms. The lowest BCUT2D eigenvalue weighted by Gasteiger charge is -2.20. The van der Waals surface area contributed by atoms with Crippen LogP contribution in [0.25, 0.3) is 0 Å². The Hall–Kier alpha value is -1.10. The van der Waals surface area contributed by atoms with E-state index in [-0.39, 0.29) is 11.8 Å². The first-order valence-electron chi connectivity index (χ1n) is 6.06. The average molecular weight is 242 g/mol. The van der Waals surface area contributed by atoms with Crippen molar-refractivity contribution < 1.29 is 14.7 Å². The molecular weight excluding hydrogens is 220 g/mol. The summed E-state index contributed by atoms with van der Waals surface area (Å²) in [6.45, 7) is 7.39. The second-order valence-electron chi connectivity index (χ2n) is 5.47. The molecule has 98 valence electrons.